The molecule has 2 rings (SSSR count). The second-order valence-electron chi connectivity index (χ2n) is 4.56. The van der Waals surface area contributed by atoms with Gasteiger partial charge in [-0.05, 0) is 42.5 Å². The lowest BCUT2D eigenvalue weighted by Crippen LogP contribution is -2.11. The summed E-state index contributed by atoms with van der Waals surface area (Å²) >= 11 is 0. The number of pyridine rings is 1. The smallest absolute Gasteiger partial charge is 0.0404 e. The minimum absolute atomic E-state index is 0.0953. The first kappa shape index (κ1) is 12.8. The number of benzene rings is 1. The van der Waals surface area contributed by atoms with Gasteiger partial charge in [0, 0.05) is 17.9 Å². The molecule has 2 aromatic rings. The van der Waals surface area contributed by atoms with E-state index in [9.17, 15) is 0 Å². The van der Waals surface area contributed by atoms with Gasteiger partial charge < -0.3 is 5.73 Å². The Morgan fingerprint density at radius 1 is 1.11 bits per heavy atom. The van der Waals surface area contributed by atoms with Crippen LogP contribution in [0, 0.1) is 0 Å². The van der Waals surface area contributed by atoms with Gasteiger partial charge in [0.05, 0.1) is 0 Å². The normalized spacial score (nSPS) is 12.3. The number of aryl methyl sites for hydroxylation is 2. The summed E-state index contributed by atoms with van der Waals surface area (Å²) in [6.07, 6.45) is 4.76. The summed E-state index contributed by atoms with van der Waals surface area (Å²) in [4.78, 5) is 4.32. The Morgan fingerprint density at radius 2 is 1.89 bits per heavy atom. The predicted molar refractivity (Wildman–Crippen MR) is 75.3 cm³/mol. The SMILES string of the molecule is CCc1ccc(C(N)CCc2ccccn2)cc1. The van der Waals surface area contributed by atoms with E-state index in [1.165, 1.54) is 11.1 Å². The fourth-order valence-corrected chi connectivity index (χ4v) is 2.02. The molecular formula is C16H20N2. The monoisotopic (exact) mass is 240 g/mol. The molecule has 0 aliphatic carbocycles. The third-order valence-electron chi connectivity index (χ3n) is 3.25. The molecule has 0 aliphatic heterocycles. The molecule has 0 spiro atoms. The molecule has 0 radical (unpaired) electrons. The van der Waals surface area contributed by atoms with E-state index >= 15 is 0 Å². The molecule has 94 valence electrons. The average molecular weight is 240 g/mol. The molecule has 1 atom stereocenters. The first-order valence-corrected chi connectivity index (χ1v) is 6.54. The summed E-state index contributed by atoms with van der Waals surface area (Å²) < 4.78 is 0. The zero-order valence-corrected chi connectivity index (χ0v) is 10.8. The number of rotatable bonds is 5. The summed E-state index contributed by atoms with van der Waals surface area (Å²) in [7, 11) is 0. The number of hydrogen-bond acceptors (Lipinski definition) is 2. The molecule has 1 unspecified atom stereocenters. The van der Waals surface area contributed by atoms with Crippen molar-refractivity contribution in [3.8, 4) is 0 Å². The maximum atomic E-state index is 6.21. The average Bonchev–Trinajstić information content (AvgIpc) is 2.46. The van der Waals surface area contributed by atoms with Gasteiger partial charge >= 0.3 is 0 Å². The minimum atomic E-state index is 0.0953. The van der Waals surface area contributed by atoms with Crippen LogP contribution in [0.3, 0.4) is 0 Å². The van der Waals surface area contributed by atoms with Crippen LogP contribution in [0.1, 0.15) is 36.2 Å². The molecule has 0 bridgehead atoms. The van der Waals surface area contributed by atoms with Gasteiger partial charge in [0.15, 0.2) is 0 Å². The predicted octanol–water partition coefficient (Wildman–Crippen LogP) is 3.28. The van der Waals surface area contributed by atoms with E-state index < -0.39 is 0 Å². The summed E-state index contributed by atoms with van der Waals surface area (Å²) in [6, 6.07) is 14.7. The van der Waals surface area contributed by atoms with Crippen LogP contribution in [-0.2, 0) is 12.8 Å². The van der Waals surface area contributed by atoms with Crippen molar-refractivity contribution in [1.29, 1.82) is 0 Å². The summed E-state index contributed by atoms with van der Waals surface area (Å²) in [6.45, 7) is 2.16. The molecule has 1 heterocycles. The third kappa shape index (κ3) is 3.41. The van der Waals surface area contributed by atoms with Gasteiger partial charge in [-0.2, -0.15) is 0 Å². The first-order chi connectivity index (χ1) is 8.79. The first-order valence-electron chi connectivity index (χ1n) is 6.54. The van der Waals surface area contributed by atoms with Gasteiger partial charge in [-0.15, -0.1) is 0 Å². The lowest BCUT2D eigenvalue weighted by molar-refractivity contribution is 0.644. The minimum Gasteiger partial charge on any atom is -0.324 e. The van der Waals surface area contributed by atoms with E-state index in [0.717, 1.165) is 25.0 Å². The molecule has 1 aromatic heterocycles. The van der Waals surface area contributed by atoms with Gasteiger partial charge in [-0.3, -0.25) is 4.98 Å². The van der Waals surface area contributed by atoms with E-state index in [2.05, 4.69) is 36.2 Å². The number of nitrogens with zero attached hydrogens (tertiary/aromatic N) is 1. The lowest BCUT2D eigenvalue weighted by Gasteiger charge is -2.12. The van der Waals surface area contributed by atoms with E-state index in [4.69, 9.17) is 5.73 Å². The van der Waals surface area contributed by atoms with E-state index in [1.54, 1.807) is 0 Å². The van der Waals surface area contributed by atoms with Crippen LogP contribution in [0.15, 0.2) is 48.7 Å². The van der Waals surface area contributed by atoms with Gasteiger partial charge in [0.1, 0.15) is 0 Å². The highest BCUT2D eigenvalue weighted by Crippen LogP contribution is 2.17. The van der Waals surface area contributed by atoms with Crippen molar-refractivity contribution in [3.05, 3.63) is 65.5 Å². The molecular weight excluding hydrogens is 220 g/mol. The van der Waals surface area contributed by atoms with E-state index in [-0.39, 0.29) is 6.04 Å². The Hall–Kier alpha value is -1.67. The molecule has 0 fully saturated rings. The van der Waals surface area contributed by atoms with Gasteiger partial charge in [-0.25, -0.2) is 0 Å². The molecule has 2 nitrogen and oxygen atoms in total. The Bertz CT molecular complexity index is 462. The van der Waals surface area contributed by atoms with Crippen LogP contribution >= 0.6 is 0 Å². The van der Waals surface area contributed by atoms with Crippen LogP contribution in [0.2, 0.25) is 0 Å². The second-order valence-corrected chi connectivity index (χ2v) is 4.56. The van der Waals surface area contributed by atoms with Gasteiger partial charge in [0.25, 0.3) is 0 Å². The molecule has 2 heteroatoms. The molecule has 2 N–H and O–H groups in total. The van der Waals surface area contributed by atoms with Crippen molar-refractivity contribution in [1.82, 2.24) is 4.98 Å². The second kappa shape index (κ2) is 6.31. The largest absolute Gasteiger partial charge is 0.324 e. The number of aromatic nitrogens is 1. The fourth-order valence-electron chi connectivity index (χ4n) is 2.02. The summed E-state index contributed by atoms with van der Waals surface area (Å²) in [5, 5.41) is 0. The topological polar surface area (TPSA) is 38.9 Å². The van der Waals surface area contributed by atoms with Crippen molar-refractivity contribution in [2.24, 2.45) is 5.73 Å². The van der Waals surface area contributed by atoms with Crippen LogP contribution in [-0.4, -0.2) is 4.98 Å². The van der Waals surface area contributed by atoms with Gasteiger partial charge in [-0.1, -0.05) is 37.3 Å². The molecule has 0 aliphatic rings. The summed E-state index contributed by atoms with van der Waals surface area (Å²) in [5.74, 6) is 0. The molecule has 0 saturated carbocycles. The Labute approximate surface area is 109 Å². The van der Waals surface area contributed by atoms with Crippen molar-refractivity contribution in [2.75, 3.05) is 0 Å². The molecule has 1 aromatic carbocycles. The zero-order valence-electron chi connectivity index (χ0n) is 10.8. The maximum absolute atomic E-state index is 6.21. The van der Waals surface area contributed by atoms with Crippen molar-refractivity contribution >= 4 is 0 Å². The van der Waals surface area contributed by atoms with Crippen LogP contribution in [0.5, 0.6) is 0 Å². The summed E-state index contributed by atoms with van der Waals surface area (Å²) in [5.41, 5.74) is 9.88. The highest BCUT2D eigenvalue weighted by Gasteiger charge is 2.06. The Kier molecular flexibility index (Phi) is 4.48. The van der Waals surface area contributed by atoms with E-state index in [1.807, 2.05) is 24.4 Å². The maximum Gasteiger partial charge on any atom is 0.0404 e. The fraction of sp³-hybridized carbons (Fsp3) is 0.312. The Morgan fingerprint density at radius 3 is 2.50 bits per heavy atom. The third-order valence-corrected chi connectivity index (χ3v) is 3.25. The molecule has 0 saturated heterocycles. The van der Waals surface area contributed by atoms with E-state index in [0.29, 0.717) is 0 Å². The Balaban J connectivity index is 1.93. The van der Waals surface area contributed by atoms with Crippen molar-refractivity contribution in [2.45, 2.75) is 32.2 Å². The lowest BCUT2D eigenvalue weighted by atomic mass is 10.00. The number of nitrogens with two attached hydrogens (primary N) is 1. The zero-order chi connectivity index (χ0) is 12.8. The highest BCUT2D eigenvalue weighted by atomic mass is 14.7. The van der Waals surface area contributed by atoms with Crippen LogP contribution < -0.4 is 5.73 Å². The molecule has 0 amide bonds. The van der Waals surface area contributed by atoms with Gasteiger partial charge in [0.2, 0.25) is 0 Å². The van der Waals surface area contributed by atoms with Crippen molar-refractivity contribution in [3.63, 3.8) is 0 Å². The quantitative estimate of drug-likeness (QED) is 0.871. The van der Waals surface area contributed by atoms with Crippen LogP contribution in [0.25, 0.3) is 0 Å². The number of hydrogen-bond donors (Lipinski definition) is 1. The van der Waals surface area contributed by atoms with Crippen LogP contribution in [0.4, 0.5) is 0 Å². The van der Waals surface area contributed by atoms with Crippen molar-refractivity contribution < 1.29 is 0 Å². The standard InChI is InChI=1S/C16H20N2/c1-2-13-6-8-14(9-7-13)16(17)11-10-15-5-3-4-12-18-15/h3-9,12,16H,2,10-11,17H2,1H3. The molecule has 18 heavy (non-hydrogen) atoms. The highest BCUT2D eigenvalue weighted by molar-refractivity contribution is 5.25.